The molecule has 0 amide bonds. The van der Waals surface area contributed by atoms with Gasteiger partial charge in [-0.25, -0.2) is 4.39 Å². The Hall–Kier alpha value is -1.03. The van der Waals surface area contributed by atoms with Crippen LogP contribution in [0.4, 0.5) is 10.1 Å². The number of thioether (sulfide) groups is 1. The molecule has 1 aromatic rings. The first-order valence-electron chi connectivity index (χ1n) is 5.32. The maximum absolute atomic E-state index is 13.5. The number of carbonyl (C=O) groups excluding carboxylic acids is 1. The molecular formula is C12H14FNOS. The smallest absolute Gasteiger partial charge is 0.155 e. The van der Waals surface area contributed by atoms with Crippen LogP contribution in [0, 0.1) is 5.82 Å². The molecule has 1 aromatic carbocycles. The van der Waals surface area contributed by atoms with Gasteiger partial charge in [0.05, 0.1) is 11.3 Å². The standard InChI is InChI=1S/C12H14FNOS/c1-9-8-16-6-5-14(9)12-4-2-3-11(13)10(12)7-15/h2-4,7,9H,5-6,8H2,1H3. The largest absolute Gasteiger partial charge is 0.367 e. The molecule has 0 radical (unpaired) electrons. The van der Waals surface area contributed by atoms with Crippen LogP contribution in [0.3, 0.4) is 0 Å². The van der Waals surface area contributed by atoms with Crippen molar-refractivity contribution in [3.63, 3.8) is 0 Å². The topological polar surface area (TPSA) is 20.3 Å². The predicted octanol–water partition coefficient (Wildman–Crippen LogP) is 2.58. The average molecular weight is 239 g/mol. The van der Waals surface area contributed by atoms with Gasteiger partial charge >= 0.3 is 0 Å². The van der Waals surface area contributed by atoms with E-state index >= 15 is 0 Å². The zero-order valence-electron chi connectivity index (χ0n) is 9.15. The molecule has 1 atom stereocenters. The Bertz CT molecular complexity index is 397. The molecule has 0 spiro atoms. The van der Waals surface area contributed by atoms with E-state index in [-0.39, 0.29) is 5.56 Å². The maximum atomic E-state index is 13.5. The van der Waals surface area contributed by atoms with E-state index in [1.54, 1.807) is 6.07 Å². The number of rotatable bonds is 2. The third-order valence-electron chi connectivity index (χ3n) is 2.82. The molecule has 0 bridgehead atoms. The van der Waals surface area contributed by atoms with Crippen LogP contribution in [0.25, 0.3) is 0 Å². The minimum Gasteiger partial charge on any atom is -0.367 e. The third kappa shape index (κ3) is 2.07. The first-order chi connectivity index (χ1) is 7.74. The van der Waals surface area contributed by atoms with E-state index in [1.807, 2.05) is 17.8 Å². The monoisotopic (exact) mass is 239 g/mol. The molecule has 1 heterocycles. The SMILES string of the molecule is CC1CSCCN1c1cccc(F)c1C=O. The Morgan fingerprint density at radius 1 is 1.56 bits per heavy atom. The molecule has 1 fully saturated rings. The fourth-order valence-electron chi connectivity index (χ4n) is 1.98. The summed E-state index contributed by atoms with van der Waals surface area (Å²) < 4.78 is 13.5. The number of benzene rings is 1. The van der Waals surface area contributed by atoms with Crippen LogP contribution in [0.5, 0.6) is 0 Å². The molecule has 1 saturated heterocycles. The van der Waals surface area contributed by atoms with Crippen LogP contribution in [0.2, 0.25) is 0 Å². The Kier molecular flexibility index (Phi) is 3.49. The summed E-state index contributed by atoms with van der Waals surface area (Å²) >= 11 is 1.90. The molecule has 0 aliphatic carbocycles. The van der Waals surface area contributed by atoms with Gasteiger partial charge in [0.25, 0.3) is 0 Å². The van der Waals surface area contributed by atoms with Crippen molar-refractivity contribution in [2.45, 2.75) is 13.0 Å². The summed E-state index contributed by atoms with van der Waals surface area (Å²) in [5.41, 5.74) is 0.907. The molecule has 4 heteroatoms. The second-order valence-electron chi connectivity index (χ2n) is 3.91. The minimum atomic E-state index is -0.432. The van der Waals surface area contributed by atoms with E-state index in [1.165, 1.54) is 6.07 Å². The van der Waals surface area contributed by atoms with E-state index in [4.69, 9.17) is 0 Å². The van der Waals surface area contributed by atoms with Gasteiger partial charge in [-0.1, -0.05) is 6.07 Å². The quantitative estimate of drug-likeness (QED) is 0.740. The van der Waals surface area contributed by atoms with E-state index < -0.39 is 5.82 Å². The number of nitrogens with zero attached hydrogens (tertiary/aromatic N) is 1. The summed E-state index contributed by atoms with van der Waals surface area (Å²) in [6.45, 7) is 2.97. The Morgan fingerprint density at radius 2 is 2.38 bits per heavy atom. The highest BCUT2D eigenvalue weighted by Gasteiger charge is 2.22. The van der Waals surface area contributed by atoms with Gasteiger partial charge in [0.1, 0.15) is 5.82 Å². The molecule has 2 nitrogen and oxygen atoms in total. The second-order valence-corrected chi connectivity index (χ2v) is 5.06. The van der Waals surface area contributed by atoms with Crippen molar-refractivity contribution in [1.82, 2.24) is 0 Å². The number of anilines is 1. The van der Waals surface area contributed by atoms with Crippen LogP contribution in [0.15, 0.2) is 18.2 Å². The van der Waals surface area contributed by atoms with E-state index in [0.29, 0.717) is 12.3 Å². The van der Waals surface area contributed by atoms with Gasteiger partial charge in [-0.3, -0.25) is 4.79 Å². The first-order valence-corrected chi connectivity index (χ1v) is 6.47. The van der Waals surface area contributed by atoms with Crippen molar-refractivity contribution < 1.29 is 9.18 Å². The molecule has 0 N–H and O–H groups in total. The molecule has 1 aliphatic rings. The van der Waals surface area contributed by atoms with Gasteiger partial charge in [0.15, 0.2) is 6.29 Å². The van der Waals surface area contributed by atoms with Crippen molar-refractivity contribution >= 4 is 23.7 Å². The Labute approximate surface area is 98.8 Å². The summed E-state index contributed by atoms with van der Waals surface area (Å²) in [5.74, 6) is 1.62. The minimum absolute atomic E-state index is 0.182. The lowest BCUT2D eigenvalue weighted by atomic mass is 10.1. The van der Waals surface area contributed by atoms with Gasteiger partial charge in [-0.2, -0.15) is 11.8 Å². The van der Waals surface area contributed by atoms with Gasteiger partial charge in [0.2, 0.25) is 0 Å². The van der Waals surface area contributed by atoms with Crippen molar-refractivity contribution in [1.29, 1.82) is 0 Å². The first kappa shape index (κ1) is 11.5. The Morgan fingerprint density at radius 3 is 3.06 bits per heavy atom. The number of aldehydes is 1. The lowest BCUT2D eigenvalue weighted by Gasteiger charge is -2.35. The fourth-order valence-corrected chi connectivity index (χ4v) is 2.99. The van der Waals surface area contributed by atoms with Crippen molar-refractivity contribution in [2.24, 2.45) is 0 Å². The Balaban J connectivity index is 2.38. The van der Waals surface area contributed by atoms with Crippen molar-refractivity contribution in [2.75, 3.05) is 23.0 Å². The summed E-state index contributed by atoms with van der Waals surface area (Å²) in [5, 5.41) is 0. The van der Waals surface area contributed by atoms with Gasteiger partial charge < -0.3 is 4.90 Å². The molecule has 2 rings (SSSR count). The second kappa shape index (κ2) is 4.87. The van der Waals surface area contributed by atoms with Crippen LogP contribution < -0.4 is 4.90 Å². The summed E-state index contributed by atoms with van der Waals surface area (Å²) in [7, 11) is 0. The molecule has 0 aromatic heterocycles. The molecule has 1 aliphatic heterocycles. The van der Waals surface area contributed by atoms with E-state index in [0.717, 1.165) is 23.7 Å². The third-order valence-corrected chi connectivity index (χ3v) is 4.01. The van der Waals surface area contributed by atoms with E-state index in [2.05, 4.69) is 11.8 Å². The fraction of sp³-hybridized carbons (Fsp3) is 0.417. The zero-order valence-corrected chi connectivity index (χ0v) is 9.97. The molecule has 16 heavy (non-hydrogen) atoms. The van der Waals surface area contributed by atoms with Crippen LogP contribution in [-0.4, -0.2) is 30.4 Å². The van der Waals surface area contributed by atoms with Crippen molar-refractivity contribution in [3.8, 4) is 0 Å². The lowest BCUT2D eigenvalue weighted by molar-refractivity contribution is 0.112. The highest BCUT2D eigenvalue weighted by molar-refractivity contribution is 7.99. The molecule has 86 valence electrons. The number of carbonyl (C=O) groups is 1. The van der Waals surface area contributed by atoms with Crippen LogP contribution >= 0.6 is 11.8 Å². The van der Waals surface area contributed by atoms with Crippen molar-refractivity contribution in [3.05, 3.63) is 29.6 Å². The number of hydrogen-bond acceptors (Lipinski definition) is 3. The molecule has 1 unspecified atom stereocenters. The lowest BCUT2D eigenvalue weighted by Crippen LogP contribution is -2.41. The molecule has 0 saturated carbocycles. The highest BCUT2D eigenvalue weighted by atomic mass is 32.2. The van der Waals surface area contributed by atoms with Gasteiger partial charge in [-0.05, 0) is 19.1 Å². The number of halogens is 1. The predicted molar refractivity (Wildman–Crippen MR) is 65.9 cm³/mol. The van der Waals surface area contributed by atoms with Gasteiger partial charge in [0, 0.05) is 24.1 Å². The van der Waals surface area contributed by atoms with Crippen LogP contribution in [0.1, 0.15) is 17.3 Å². The highest BCUT2D eigenvalue weighted by Crippen LogP contribution is 2.27. The summed E-state index contributed by atoms with van der Waals surface area (Å²) in [4.78, 5) is 13.0. The maximum Gasteiger partial charge on any atom is 0.155 e. The summed E-state index contributed by atoms with van der Waals surface area (Å²) in [6, 6.07) is 5.15. The number of hydrogen-bond donors (Lipinski definition) is 0. The zero-order chi connectivity index (χ0) is 11.5. The van der Waals surface area contributed by atoms with E-state index in [9.17, 15) is 9.18 Å². The average Bonchev–Trinajstić information content (AvgIpc) is 2.29. The van der Waals surface area contributed by atoms with Gasteiger partial charge in [-0.15, -0.1) is 0 Å². The van der Waals surface area contributed by atoms with Crippen LogP contribution in [-0.2, 0) is 0 Å². The summed E-state index contributed by atoms with van der Waals surface area (Å²) in [6.07, 6.45) is 0.610. The normalized spacial score (nSPS) is 20.9. The molecular weight excluding hydrogens is 225 g/mol.